The number of para-hydroxylation sites is 2. The predicted octanol–water partition coefficient (Wildman–Crippen LogP) is 1.81. The first-order valence-electron chi connectivity index (χ1n) is 4.66. The third-order valence-electron chi connectivity index (χ3n) is 2.07. The smallest absolute Gasteiger partial charge is 0.424 e. The largest absolute Gasteiger partial charge is 0.492 e. The number of hydrogen-bond acceptors (Lipinski definition) is 3. The third kappa shape index (κ3) is 1.88. The van der Waals surface area contributed by atoms with Gasteiger partial charge in [0.15, 0.2) is 11.5 Å². The van der Waals surface area contributed by atoms with E-state index in [9.17, 15) is 18.0 Å². The van der Waals surface area contributed by atoms with Crippen LogP contribution in [-0.2, 0) is 4.79 Å². The molecule has 2 rings (SSSR count). The summed E-state index contributed by atoms with van der Waals surface area (Å²) in [6.45, 7) is 0.948. The van der Waals surface area contributed by atoms with Crippen molar-refractivity contribution in [3.63, 3.8) is 0 Å². The van der Waals surface area contributed by atoms with Gasteiger partial charge in [-0.05, 0) is 12.1 Å². The van der Waals surface area contributed by atoms with Crippen LogP contribution in [0.1, 0.15) is 6.92 Å². The van der Waals surface area contributed by atoms with Crippen molar-refractivity contribution >= 4 is 5.91 Å². The second kappa shape index (κ2) is 3.54. The van der Waals surface area contributed by atoms with Crippen LogP contribution in [0.3, 0.4) is 0 Å². The lowest BCUT2D eigenvalue weighted by Gasteiger charge is -2.29. The minimum absolute atomic E-state index is 0.0708. The standard InChI is InChI=1S/C10H8F3NO3/c1-6(15)14-10(9(11,12)13)16-7-4-2-3-5-8(7)17-10/h2-5H,1H3,(H,14,15). The fraction of sp³-hybridized carbons (Fsp3) is 0.300. The fourth-order valence-electron chi connectivity index (χ4n) is 1.42. The molecular weight excluding hydrogens is 239 g/mol. The molecule has 0 aliphatic carbocycles. The monoisotopic (exact) mass is 247 g/mol. The van der Waals surface area contributed by atoms with Gasteiger partial charge < -0.3 is 9.47 Å². The van der Waals surface area contributed by atoms with Crippen molar-refractivity contribution in [2.45, 2.75) is 19.0 Å². The van der Waals surface area contributed by atoms with Crippen LogP contribution in [0.4, 0.5) is 13.2 Å². The first kappa shape index (κ1) is 11.6. The zero-order valence-corrected chi connectivity index (χ0v) is 8.67. The summed E-state index contributed by atoms with van der Waals surface area (Å²) in [4.78, 5) is 10.8. The molecule has 1 aliphatic heterocycles. The number of nitrogens with one attached hydrogen (secondary N) is 1. The molecule has 1 amide bonds. The molecule has 0 radical (unpaired) electrons. The number of ether oxygens (including phenoxy) is 2. The van der Waals surface area contributed by atoms with Crippen LogP contribution in [0.15, 0.2) is 24.3 Å². The van der Waals surface area contributed by atoms with Crippen LogP contribution >= 0.6 is 0 Å². The van der Waals surface area contributed by atoms with E-state index in [-0.39, 0.29) is 11.5 Å². The highest BCUT2D eigenvalue weighted by atomic mass is 19.4. The second-order valence-electron chi connectivity index (χ2n) is 3.45. The van der Waals surface area contributed by atoms with E-state index >= 15 is 0 Å². The molecule has 0 saturated heterocycles. The zero-order chi connectivity index (χ0) is 12.7. The van der Waals surface area contributed by atoms with Gasteiger partial charge in [-0.2, -0.15) is 13.2 Å². The lowest BCUT2D eigenvalue weighted by Crippen LogP contribution is -2.64. The van der Waals surface area contributed by atoms with Crippen molar-refractivity contribution in [3.05, 3.63) is 24.3 Å². The van der Waals surface area contributed by atoms with Crippen LogP contribution in [0.5, 0.6) is 11.5 Å². The van der Waals surface area contributed by atoms with Gasteiger partial charge in [-0.1, -0.05) is 12.1 Å². The topological polar surface area (TPSA) is 47.6 Å². The molecule has 7 heteroatoms. The summed E-state index contributed by atoms with van der Waals surface area (Å²) in [5.41, 5.74) is 0. The van der Waals surface area contributed by atoms with E-state index in [1.165, 1.54) is 24.3 Å². The maximum Gasteiger partial charge on any atom is 0.492 e. The van der Waals surface area contributed by atoms with Crippen molar-refractivity contribution < 1.29 is 27.4 Å². The number of amides is 1. The normalized spacial score (nSPS) is 16.7. The van der Waals surface area contributed by atoms with Crippen LogP contribution in [0.2, 0.25) is 0 Å². The summed E-state index contributed by atoms with van der Waals surface area (Å²) in [6, 6.07) is 5.65. The Morgan fingerprint density at radius 2 is 1.71 bits per heavy atom. The Labute approximate surface area is 94.3 Å². The highest BCUT2D eigenvalue weighted by Crippen LogP contribution is 2.44. The van der Waals surface area contributed by atoms with Gasteiger partial charge in [0.1, 0.15) is 0 Å². The number of halogens is 3. The quantitative estimate of drug-likeness (QED) is 0.823. The molecule has 0 fully saturated rings. The molecule has 0 saturated carbocycles. The van der Waals surface area contributed by atoms with Crippen molar-refractivity contribution in [1.29, 1.82) is 0 Å². The number of benzene rings is 1. The van der Waals surface area contributed by atoms with Crippen LogP contribution in [0.25, 0.3) is 0 Å². The Morgan fingerprint density at radius 3 is 2.06 bits per heavy atom. The van der Waals surface area contributed by atoms with E-state index in [0.717, 1.165) is 6.92 Å². The average molecular weight is 247 g/mol. The number of hydrogen-bond donors (Lipinski definition) is 1. The summed E-state index contributed by atoms with van der Waals surface area (Å²) < 4.78 is 48.0. The van der Waals surface area contributed by atoms with E-state index in [0.29, 0.717) is 0 Å². The number of carbonyl (C=O) groups is 1. The lowest BCUT2D eigenvalue weighted by atomic mass is 10.3. The van der Waals surface area contributed by atoms with Gasteiger partial charge in [0.05, 0.1) is 0 Å². The Bertz CT molecular complexity index is 433. The molecule has 17 heavy (non-hydrogen) atoms. The number of alkyl halides is 3. The summed E-state index contributed by atoms with van der Waals surface area (Å²) in [5.74, 6) is -4.19. The SMILES string of the molecule is CC(=O)NC1(C(F)(F)F)Oc2ccccc2O1. The van der Waals surface area contributed by atoms with Crippen LogP contribution < -0.4 is 14.8 Å². The molecule has 1 aromatic carbocycles. The van der Waals surface area contributed by atoms with Gasteiger partial charge in [0.25, 0.3) is 0 Å². The first-order valence-corrected chi connectivity index (χ1v) is 4.66. The third-order valence-corrected chi connectivity index (χ3v) is 2.07. The molecule has 4 nitrogen and oxygen atoms in total. The maximum absolute atomic E-state index is 12.9. The molecule has 1 heterocycles. The number of fused-ring (bicyclic) bond motifs is 1. The molecule has 0 unspecified atom stereocenters. The molecule has 1 aliphatic rings. The van der Waals surface area contributed by atoms with Crippen molar-refractivity contribution in [1.82, 2.24) is 5.32 Å². The van der Waals surface area contributed by atoms with E-state index < -0.39 is 18.0 Å². The second-order valence-corrected chi connectivity index (χ2v) is 3.45. The van der Waals surface area contributed by atoms with Gasteiger partial charge in [-0.25, -0.2) is 0 Å². The highest BCUT2D eigenvalue weighted by Gasteiger charge is 2.65. The van der Waals surface area contributed by atoms with E-state index in [4.69, 9.17) is 9.47 Å². The van der Waals surface area contributed by atoms with E-state index in [1.807, 2.05) is 0 Å². The van der Waals surface area contributed by atoms with Crippen molar-refractivity contribution in [2.75, 3.05) is 0 Å². The fourth-order valence-corrected chi connectivity index (χ4v) is 1.42. The molecule has 0 spiro atoms. The molecule has 0 bridgehead atoms. The Kier molecular flexibility index (Phi) is 2.41. The molecule has 1 aromatic rings. The summed E-state index contributed by atoms with van der Waals surface area (Å²) >= 11 is 0. The summed E-state index contributed by atoms with van der Waals surface area (Å²) in [7, 11) is 0. The predicted molar refractivity (Wildman–Crippen MR) is 50.3 cm³/mol. The van der Waals surface area contributed by atoms with E-state index in [1.54, 1.807) is 5.32 Å². The first-order chi connectivity index (χ1) is 7.84. The molecular formula is C10H8F3NO3. The number of rotatable bonds is 1. The summed E-state index contributed by atoms with van der Waals surface area (Å²) in [6.07, 6.45) is -4.89. The molecule has 0 aromatic heterocycles. The minimum Gasteiger partial charge on any atom is -0.424 e. The summed E-state index contributed by atoms with van der Waals surface area (Å²) in [5, 5.41) is 1.63. The molecule has 1 N–H and O–H groups in total. The van der Waals surface area contributed by atoms with Crippen LogP contribution in [-0.4, -0.2) is 18.0 Å². The lowest BCUT2D eigenvalue weighted by molar-refractivity contribution is -0.319. The van der Waals surface area contributed by atoms with E-state index in [2.05, 4.69) is 0 Å². The molecule has 92 valence electrons. The average Bonchev–Trinajstić information content (AvgIpc) is 2.54. The number of carbonyl (C=O) groups excluding carboxylic acids is 1. The van der Waals surface area contributed by atoms with Crippen LogP contribution in [0, 0.1) is 0 Å². The van der Waals surface area contributed by atoms with Gasteiger partial charge >= 0.3 is 12.1 Å². The molecule has 0 atom stereocenters. The Hall–Kier alpha value is -1.92. The minimum atomic E-state index is -4.89. The Morgan fingerprint density at radius 1 is 1.24 bits per heavy atom. The van der Waals surface area contributed by atoms with Crippen molar-refractivity contribution in [3.8, 4) is 11.5 Å². The van der Waals surface area contributed by atoms with Gasteiger partial charge in [-0.15, -0.1) is 0 Å². The zero-order valence-electron chi connectivity index (χ0n) is 8.67. The van der Waals surface area contributed by atoms with Gasteiger partial charge in [-0.3, -0.25) is 10.1 Å². The van der Waals surface area contributed by atoms with Gasteiger partial charge in [0, 0.05) is 6.92 Å². The maximum atomic E-state index is 12.9. The highest BCUT2D eigenvalue weighted by molar-refractivity contribution is 5.73. The van der Waals surface area contributed by atoms with Gasteiger partial charge in [0.2, 0.25) is 5.91 Å². The Balaban J connectivity index is 2.38. The van der Waals surface area contributed by atoms with Crippen molar-refractivity contribution in [2.24, 2.45) is 0 Å².